The molecule has 2 aromatic rings. The lowest BCUT2D eigenvalue weighted by molar-refractivity contribution is -0.128. The highest BCUT2D eigenvalue weighted by atomic mass is 16.5. The second-order valence-electron chi connectivity index (χ2n) is 8.63. The molecule has 1 aliphatic rings. The van der Waals surface area contributed by atoms with E-state index < -0.39 is 12.1 Å². The number of aromatic amines is 1. The number of ketones is 1. The summed E-state index contributed by atoms with van der Waals surface area (Å²) in [4.78, 5) is 40.6. The summed E-state index contributed by atoms with van der Waals surface area (Å²) in [7, 11) is 0. The van der Waals surface area contributed by atoms with Gasteiger partial charge in [-0.05, 0) is 36.8 Å². The number of hydrogen-bond acceptors (Lipinski definition) is 4. The third-order valence-corrected chi connectivity index (χ3v) is 5.37. The van der Waals surface area contributed by atoms with Crippen molar-refractivity contribution >= 4 is 17.6 Å². The number of rotatable bonds is 8. The van der Waals surface area contributed by atoms with Gasteiger partial charge in [-0.2, -0.15) is 0 Å². The largest absolute Gasteiger partial charge is 0.368 e. The second-order valence-corrected chi connectivity index (χ2v) is 8.63. The molecule has 7 nitrogen and oxygen atoms in total. The maximum absolute atomic E-state index is 13.1. The fraction of sp³-hybridized carbons (Fsp3) is 0.435. The Kier molecular flexibility index (Phi) is 6.72. The minimum absolute atomic E-state index is 0.00795. The molecule has 0 radical (unpaired) electrons. The fourth-order valence-electron chi connectivity index (χ4n) is 3.80. The molecule has 3 atom stereocenters. The zero-order valence-corrected chi connectivity index (χ0v) is 17.6. The first-order valence-corrected chi connectivity index (χ1v) is 10.2. The van der Waals surface area contributed by atoms with E-state index >= 15 is 0 Å². The van der Waals surface area contributed by atoms with Crippen LogP contribution in [0.15, 0.2) is 48.8 Å². The number of benzene rings is 1. The van der Waals surface area contributed by atoms with Crippen LogP contribution >= 0.6 is 0 Å². The topological polar surface area (TPSA) is 100 Å². The lowest BCUT2D eigenvalue weighted by Crippen LogP contribution is -2.54. The van der Waals surface area contributed by atoms with Crippen molar-refractivity contribution in [2.45, 2.75) is 51.8 Å². The quantitative estimate of drug-likeness (QED) is 0.620. The summed E-state index contributed by atoms with van der Waals surface area (Å²) in [5, 5.41) is 5.62. The molecule has 2 amide bonds. The lowest BCUT2D eigenvalue weighted by Gasteiger charge is -2.30. The zero-order chi connectivity index (χ0) is 21.7. The van der Waals surface area contributed by atoms with E-state index in [1.54, 1.807) is 25.4 Å². The lowest BCUT2D eigenvalue weighted by atomic mass is 9.79. The third kappa shape index (κ3) is 5.57. The van der Waals surface area contributed by atoms with Crippen molar-refractivity contribution in [1.82, 2.24) is 15.6 Å². The van der Waals surface area contributed by atoms with Gasteiger partial charge in [0.2, 0.25) is 5.91 Å². The SMILES string of the molecule is C[C@@H]1OCC(=O)[C@H]1NC(=O)C(CC(C)(C)Cc1ccccc1)NC(=O)c1cc[nH]c1. The summed E-state index contributed by atoms with van der Waals surface area (Å²) in [6.45, 7) is 5.87. The van der Waals surface area contributed by atoms with Crippen molar-refractivity contribution < 1.29 is 19.1 Å². The highest BCUT2D eigenvalue weighted by molar-refractivity contribution is 5.98. The molecule has 0 saturated carbocycles. The second kappa shape index (κ2) is 9.26. The van der Waals surface area contributed by atoms with Gasteiger partial charge < -0.3 is 20.4 Å². The van der Waals surface area contributed by atoms with Gasteiger partial charge in [-0.3, -0.25) is 14.4 Å². The summed E-state index contributed by atoms with van der Waals surface area (Å²) in [6.07, 6.45) is 4.01. The molecule has 1 aromatic carbocycles. The average Bonchev–Trinajstić information content (AvgIpc) is 3.34. The molecule has 1 fully saturated rings. The summed E-state index contributed by atoms with van der Waals surface area (Å²) >= 11 is 0. The van der Waals surface area contributed by atoms with Crippen LogP contribution in [-0.2, 0) is 20.7 Å². The molecule has 3 N–H and O–H groups in total. The molecule has 2 heterocycles. The van der Waals surface area contributed by atoms with E-state index in [-0.39, 0.29) is 35.7 Å². The smallest absolute Gasteiger partial charge is 0.253 e. The first-order chi connectivity index (χ1) is 14.2. The van der Waals surface area contributed by atoms with Crippen molar-refractivity contribution in [1.29, 1.82) is 0 Å². The molecule has 3 rings (SSSR count). The zero-order valence-electron chi connectivity index (χ0n) is 17.6. The van der Waals surface area contributed by atoms with Gasteiger partial charge in [0.25, 0.3) is 5.91 Å². The summed E-state index contributed by atoms with van der Waals surface area (Å²) in [6, 6.07) is 10.2. The number of H-pyrrole nitrogens is 1. The number of nitrogens with one attached hydrogen (secondary N) is 3. The molecule has 0 spiro atoms. The molecule has 1 aromatic heterocycles. The molecular weight excluding hydrogens is 382 g/mol. The van der Waals surface area contributed by atoms with E-state index in [0.29, 0.717) is 12.0 Å². The molecule has 0 aliphatic carbocycles. The Morgan fingerprint density at radius 3 is 2.57 bits per heavy atom. The van der Waals surface area contributed by atoms with Gasteiger partial charge in [0.05, 0.1) is 11.7 Å². The average molecular weight is 412 g/mol. The molecular formula is C23H29N3O4. The van der Waals surface area contributed by atoms with Gasteiger partial charge in [0.1, 0.15) is 18.7 Å². The Labute approximate surface area is 176 Å². The first kappa shape index (κ1) is 21.8. The van der Waals surface area contributed by atoms with Crippen LogP contribution in [0.5, 0.6) is 0 Å². The fourth-order valence-corrected chi connectivity index (χ4v) is 3.80. The Morgan fingerprint density at radius 2 is 1.97 bits per heavy atom. The third-order valence-electron chi connectivity index (χ3n) is 5.37. The van der Waals surface area contributed by atoms with Crippen LogP contribution in [0.3, 0.4) is 0 Å². The van der Waals surface area contributed by atoms with Crippen LogP contribution in [0.1, 0.15) is 43.1 Å². The van der Waals surface area contributed by atoms with E-state index in [1.807, 2.05) is 30.3 Å². The van der Waals surface area contributed by atoms with Gasteiger partial charge in [0, 0.05) is 12.4 Å². The number of hydrogen-bond donors (Lipinski definition) is 3. The van der Waals surface area contributed by atoms with Crippen molar-refractivity contribution in [2.75, 3.05) is 6.61 Å². The Hall–Kier alpha value is -2.93. The van der Waals surface area contributed by atoms with Crippen molar-refractivity contribution in [2.24, 2.45) is 5.41 Å². The number of amides is 2. The van der Waals surface area contributed by atoms with Crippen LogP contribution in [0.2, 0.25) is 0 Å². The van der Waals surface area contributed by atoms with E-state index in [1.165, 1.54) is 0 Å². The van der Waals surface area contributed by atoms with Gasteiger partial charge >= 0.3 is 0 Å². The van der Waals surface area contributed by atoms with Crippen molar-refractivity contribution in [3.8, 4) is 0 Å². The minimum atomic E-state index is -0.785. The van der Waals surface area contributed by atoms with Crippen molar-refractivity contribution in [3.05, 3.63) is 59.9 Å². The number of carbonyl (C=O) groups is 3. The van der Waals surface area contributed by atoms with E-state index in [4.69, 9.17) is 4.74 Å². The van der Waals surface area contributed by atoms with Crippen LogP contribution in [0.4, 0.5) is 0 Å². The van der Waals surface area contributed by atoms with Crippen LogP contribution in [0, 0.1) is 5.41 Å². The number of carbonyl (C=O) groups excluding carboxylic acids is 3. The van der Waals surface area contributed by atoms with E-state index in [9.17, 15) is 14.4 Å². The molecule has 160 valence electrons. The molecule has 0 bridgehead atoms. The Bertz CT molecular complexity index is 877. The Balaban J connectivity index is 1.74. The highest BCUT2D eigenvalue weighted by Crippen LogP contribution is 2.28. The van der Waals surface area contributed by atoms with Crippen LogP contribution < -0.4 is 10.6 Å². The summed E-state index contributed by atoms with van der Waals surface area (Å²) in [5.74, 6) is -0.875. The monoisotopic (exact) mass is 411 g/mol. The predicted octanol–water partition coefficient (Wildman–Crippen LogP) is 2.24. The van der Waals surface area contributed by atoms with Crippen LogP contribution in [-0.4, -0.2) is 47.4 Å². The van der Waals surface area contributed by atoms with E-state index in [0.717, 1.165) is 12.0 Å². The molecule has 30 heavy (non-hydrogen) atoms. The van der Waals surface area contributed by atoms with Gasteiger partial charge in [0.15, 0.2) is 5.78 Å². The van der Waals surface area contributed by atoms with Gasteiger partial charge in [-0.15, -0.1) is 0 Å². The number of aromatic nitrogens is 1. The highest BCUT2D eigenvalue weighted by Gasteiger charge is 2.37. The van der Waals surface area contributed by atoms with Crippen LogP contribution in [0.25, 0.3) is 0 Å². The predicted molar refractivity (Wildman–Crippen MR) is 113 cm³/mol. The first-order valence-electron chi connectivity index (χ1n) is 10.2. The number of Topliss-reactive ketones (excluding diaryl/α,β-unsaturated/α-hetero) is 1. The van der Waals surface area contributed by atoms with Crippen molar-refractivity contribution in [3.63, 3.8) is 0 Å². The van der Waals surface area contributed by atoms with E-state index in [2.05, 4.69) is 29.5 Å². The maximum atomic E-state index is 13.1. The number of ether oxygens (including phenoxy) is 1. The minimum Gasteiger partial charge on any atom is -0.368 e. The van der Waals surface area contributed by atoms with Gasteiger partial charge in [-0.1, -0.05) is 44.2 Å². The summed E-state index contributed by atoms with van der Waals surface area (Å²) < 4.78 is 5.32. The summed E-state index contributed by atoms with van der Waals surface area (Å²) in [5.41, 5.74) is 1.34. The molecule has 1 saturated heterocycles. The normalized spacial score (nSPS) is 20.0. The molecule has 1 unspecified atom stereocenters. The Morgan fingerprint density at radius 1 is 1.23 bits per heavy atom. The molecule has 1 aliphatic heterocycles. The standard InChI is InChI=1S/C23H29N3O4/c1-15-20(19(27)14-30-15)26-22(29)18(25-21(28)17-9-10-24-13-17)12-23(2,3)11-16-7-5-4-6-8-16/h4-10,13,15,18,20,24H,11-12,14H2,1-3H3,(H,25,28)(H,26,29)/t15-,18?,20-/m0/s1. The van der Waals surface area contributed by atoms with Gasteiger partial charge in [-0.25, -0.2) is 0 Å². The maximum Gasteiger partial charge on any atom is 0.253 e. The molecule has 7 heteroatoms.